The molecule has 0 N–H and O–H groups in total. The number of aromatic nitrogens is 3. The Labute approximate surface area is 376 Å². The molecule has 0 aliphatic rings. The molecule has 0 aliphatic carbocycles. The lowest BCUT2D eigenvalue weighted by atomic mass is 9.88. The maximum atomic E-state index is 5.15. The third-order valence-electron chi connectivity index (χ3n) is 13.2. The van der Waals surface area contributed by atoms with Crippen molar-refractivity contribution < 1.29 is 0 Å². The van der Waals surface area contributed by atoms with E-state index < -0.39 is 0 Å². The summed E-state index contributed by atoms with van der Waals surface area (Å²) in [5.74, 6) is 0.710. The molecule has 0 amide bonds. The minimum atomic E-state index is 0.710. The lowest BCUT2D eigenvalue weighted by molar-refractivity contribution is 1.18. The van der Waals surface area contributed by atoms with Gasteiger partial charge < -0.3 is 4.57 Å². The highest BCUT2D eigenvalue weighted by Gasteiger charge is 2.18. The Morgan fingerprint density at radius 3 is 1.68 bits per heavy atom. The molecule has 0 aliphatic heterocycles. The highest BCUT2D eigenvalue weighted by atomic mass is 15.0. The minimum absolute atomic E-state index is 0.710. The first-order chi connectivity index (χ1) is 32.2. The van der Waals surface area contributed by atoms with Gasteiger partial charge in [0.15, 0.2) is 5.82 Å². The fourth-order valence-corrected chi connectivity index (χ4v) is 10.1. The van der Waals surface area contributed by atoms with Crippen molar-refractivity contribution in [3.63, 3.8) is 0 Å². The van der Waals surface area contributed by atoms with E-state index in [1.54, 1.807) is 0 Å². The Kier molecular flexibility index (Phi) is 8.53. The fraction of sp³-hybridized carbons (Fsp3) is 0. The van der Waals surface area contributed by atoms with E-state index in [1.165, 1.54) is 76.0 Å². The molecule has 0 fully saturated rings. The Morgan fingerprint density at radius 1 is 0.277 bits per heavy atom. The third-order valence-corrected chi connectivity index (χ3v) is 13.2. The normalized spacial score (nSPS) is 11.7. The van der Waals surface area contributed by atoms with Gasteiger partial charge in [-0.15, -0.1) is 0 Å². The summed E-state index contributed by atoms with van der Waals surface area (Å²) in [6.45, 7) is 0. The lowest BCUT2D eigenvalue weighted by Crippen LogP contribution is -1.96. The molecule has 302 valence electrons. The molecular weight excluding hydrogens is 787 g/mol. The number of hydrogen-bond donors (Lipinski definition) is 0. The SMILES string of the molecule is c1ccc(-c2cc(-c3cccc(-c4ccc5c(c4)c4ccccc4c4cccc(-c6ccc7c(c6)c6ccccc6n7-c6ccc7ccccc7c6)c45)c3)nc(-c3ccccc3)n2)cc1. The van der Waals surface area contributed by atoms with Crippen LogP contribution >= 0.6 is 0 Å². The summed E-state index contributed by atoms with van der Waals surface area (Å²) in [6.07, 6.45) is 0. The number of nitrogens with zero attached hydrogens (tertiary/aromatic N) is 3. The van der Waals surface area contributed by atoms with Gasteiger partial charge >= 0.3 is 0 Å². The summed E-state index contributed by atoms with van der Waals surface area (Å²) in [5.41, 5.74) is 13.2. The zero-order chi connectivity index (χ0) is 42.8. The standard InChI is InChI=1S/C62H39N3/c1-3-16-41(17-4-1)57-39-58(64-62(63-57)42-18-5-2-6-19-42)47-22-13-21-43(35-47)45-30-33-54-55(37-45)51-24-10-9-23-50(51)53-27-14-26-49(61(53)54)46-31-34-60-56(38-46)52-25-11-12-28-59(52)65(60)48-32-29-40-15-7-8-20-44(40)36-48/h1-39H. The van der Waals surface area contributed by atoms with Crippen molar-refractivity contribution >= 4 is 64.9 Å². The van der Waals surface area contributed by atoms with Crippen LogP contribution in [0.2, 0.25) is 0 Å². The molecule has 65 heavy (non-hydrogen) atoms. The molecule has 3 nitrogen and oxygen atoms in total. The lowest BCUT2D eigenvalue weighted by Gasteiger charge is -2.16. The molecule has 0 radical (unpaired) electrons. The van der Waals surface area contributed by atoms with Crippen LogP contribution in [0, 0.1) is 0 Å². The van der Waals surface area contributed by atoms with Gasteiger partial charge in [0.05, 0.1) is 22.4 Å². The van der Waals surface area contributed by atoms with E-state index in [0.717, 1.165) is 44.9 Å². The molecule has 0 atom stereocenters. The van der Waals surface area contributed by atoms with E-state index in [4.69, 9.17) is 9.97 Å². The second-order valence-corrected chi connectivity index (χ2v) is 16.9. The summed E-state index contributed by atoms with van der Waals surface area (Å²) < 4.78 is 2.42. The Bertz CT molecular complexity index is 3940. The first-order valence-corrected chi connectivity index (χ1v) is 22.2. The van der Waals surface area contributed by atoms with Gasteiger partial charge in [-0.25, -0.2) is 9.97 Å². The number of para-hydroxylation sites is 1. The van der Waals surface area contributed by atoms with Gasteiger partial charge in [0, 0.05) is 33.2 Å². The topological polar surface area (TPSA) is 30.7 Å². The van der Waals surface area contributed by atoms with E-state index in [2.05, 4.69) is 217 Å². The van der Waals surface area contributed by atoms with E-state index >= 15 is 0 Å². The predicted octanol–water partition coefficient (Wildman–Crippen LogP) is 16.5. The van der Waals surface area contributed by atoms with Crippen LogP contribution in [0.5, 0.6) is 0 Å². The zero-order valence-electron chi connectivity index (χ0n) is 35.4. The number of fused-ring (bicyclic) bond motifs is 10. The molecule has 13 aromatic rings. The van der Waals surface area contributed by atoms with Gasteiger partial charge in [0.25, 0.3) is 0 Å². The summed E-state index contributed by atoms with van der Waals surface area (Å²) in [4.78, 5) is 10.2. The second kappa shape index (κ2) is 15.0. The van der Waals surface area contributed by atoms with Crippen molar-refractivity contribution in [2.24, 2.45) is 0 Å². The Hall–Kier alpha value is -8.66. The van der Waals surface area contributed by atoms with Gasteiger partial charge in [-0.3, -0.25) is 0 Å². The number of hydrogen-bond acceptors (Lipinski definition) is 2. The molecule has 2 aromatic heterocycles. The van der Waals surface area contributed by atoms with Crippen molar-refractivity contribution in [1.29, 1.82) is 0 Å². The Morgan fingerprint density at radius 2 is 0.846 bits per heavy atom. The molecule has 0 bridgehead atoms. The molecular formula is C62H39N3. The van der Waals surface area contributed by atoms with Crippen molar-refractivity contribution in [2.75, 3.05) is 0 Å². The summed E-state index contributed by atoms with van der Waals surface area (Å²) in [6, 6.07) is 85.4. The van der Waals surface area contributed by atoms with Gasteiger partial charge in [0.2, 0.25) is 0 Å². The number of benzene rings is 11. The van der Waals surface area contributed by atoms with Crippen LogP contribution in [-0.2, 0) is 0 Å². The molecule has 3 heteroatoms. The second-order valence-electron chi connectivity index (χ2n) is 16.9. The van der Waals surface area contributed by atoms with Gasteiger partial charge in [0.1, 0.15) is 0 Å². The van der Waals surface area contributed by atoms with Gasteiger partial charge in [-0.2, -0.15) is 0 Å². The highest BCUT2D eigenvalue weighted by Crippen LogP contribution is 2.43. The fourth-order valence-electron chi connectivity index (χ4n) is 10.1. The van der Waals surface area contributed by atoms with Crippen molar-refractivity contribution in [3.05, 3.63) is 237 Å². The van der Waals surface area contributed by atoms with Crippen LogP contribution in [0.3, 0.4) is 0 Å². The van der Waals surface area contributed by atoms with E-state index in [-0.39, 0.29) is 0 Å². The third kappa shape index (κ3) is 6.20. The molecule has 0 unspecified atom stereocenters. The quantitative estimate of drug-likeness (QED) is 0.156. The molecule has 0 saturated heterocycles. The highest BCUT2D eigenvalue weighted by molar-refractivity contribution is 6.29. The average molecular weight is 826 g/mol. The number of rotatable bonds is 6. The monoisotopic (exact) mass is 825 g/mol. The molecule has 0 spiro atoms. The van der Waals surface area contributed by atoms with Crippen molar-refractivity contribution in [3.8, 4) is 61.8 Å². The van der Waals surface area contributed by atoms with Crippen LogP contribution in [0.4, 0.5) is 0 Å². The molecule has 13 rings (SSSR count). The maximum Gasteiger partial charge on any atom is 0.160 e. The summed E-state index contributed by atoms with van der Waals surface area (Å²) >= 11 is 0. The maximum absolute atomic E-state index is 5.15. The molecule has 11 aromatic carbocycles. The molecule has 2 heterocycles. The van der Waals surface area contributed by atoms with Gasteiger partial charge in [-0.1, -0.05) is 188 Å². The summed E-state index contributed by atoms with van der Waals surface area (Å²) in [7, 11) is 0. The van der Waals surface area contributed by atoms with Crippen LogP contribution in [0.1, 0.15) is 0 Å². The first-order valence-electron chi connectivity index (χ1n) is 22.2. The molecule has 0 saturated carbocycles. The largest absolute Gasteiger partial charge is 0.309 e. The minimum Gasteiger partial charge on any atom is -0.309 e. The summed E-state index contributed by atoms with van der Waals surface area (Å²) in [5, 5.41) is 12.5. The van der Waals surface area contributed by atoms with Crippen LogP contribution in [0.15, 0.2) is 237 Å². The first kappa shape index (κ1) is 36.9. The smallest absolute Gasteiger partial charge is 0.160 e. The van der Waals surface area contributed by atoms with Crippen molar-refractivity contribution in [2.45, 2.75) is 0 Å². The van der Waals surface area contributed by atoms with E-state index in [0.29, 0.717) is 5.82 Å². The van der Waals surface area contributed by atoms with Crippen LogP contribution < -0.4 is 0 Å². The van der Waals surface area contributed by atoms with Crippen LogP contribution in [0.25, 0.3) is 127 Å². The van der Waals surface area contributed by atoms with Crippen LogP contribution in [-0.4, -0.2) is 14.5 Å². The van der Waals surface area contributed by atoms with E-state index in [1.807, 2.05) is 24.3 Å². The predicted molar refractivity (Wildman–Crippen MR) is 274 cm³/mol. The van der Waals surface area contributed by atoms with Gasteiger partial charge in [-0.05, 0) is 114 Å². The average Bonchev–Trinajstić information content (AvgIpc) is 3.72. The van der Waals surface area contributed by atoms with Crippen molar-refractivity contribution in [1.82, 2.24) is 14.5 Å². The Balaban J connectivity index is 0.967. The zero-order valence-corrected chi connectivity index (χ0v) is 35.4. The van der Waals surface area contributed by atoms with E-state index in [9.17, 15) is 0 Å².